The fraction of sp³-hybridized carbons (Fsp3) is 0. The van der Waals surface area contributed by atoms with Crippen molar-refractivity contribution in [2.75, 3.05) is 0 Å². The Hall–Kier alpha value is -6.37. The molecule has 5 nitrogen and oxygen atoms in total. The van der Waals surface area contributed by atoms with Crippen LogP contribution in [0.25, 0.3) is 87.5 Å². The predicted octanol–water partition coefficient (Wildman–Crippen LogP) is 11.1. The molecule has 0 saturated heterocycles. The number of nitrogens with zero attached hydrogens (tertiary/aromatic N) is 5. The van der Waals surface area contributed by atoms with E-state index in [0.717, 1.165) is 61.8 Å². The molecule has 10 rings (SSSR count). The summed E-state index contributed by atoms with van der Waals surface area (Å²) >= 11 is 1.84. The molecule has 0 spiro atoms. The number of rotatable bonds is 5. The number of benzene rings is 6. The number of hydrogen-bond acceptors (Lipinski definition) is 4. The molecule has 4 aromatic heterocycles. The highest BCUT2D eigenvalue weighted by atomic mass is 32.1. The molecule has 6 aromatic carbocycles. The average molecular weight is 646 g/mol. The number of pyridine rings is 1. The molecule has 49 heavy (non-hydrogen) atoms. The summed E-state index contributed by atoms with van der Waals surface area (Å²) in [6.07, 6.45) is 0. The number of aromatic nitrogens is 5. The third-order valence-corrected chi connectivity index (χ3v) is 10.4. The minimum Gasteiger partial charge on any atom is -0.307 e. The summed E-state index contributed by atoms with van der Waals surface area (Å²) in [5, 5.41) is 13.0. The van der Waals surface area contributed by atoms with Gasteiger partial charge in [-0.15, -0.1) is 21.5 Å². The molecule has 6 heteroatoms. The lowest BCUT2D eigenvalue weighted by Crippen LogP contribution is -2.01. The Morgan fingerprint density at radius 1 is 0.429 bits per heavy atom. The van der Waals surface area contributed by atoms with E-state index in [1.807, 2.05) is 53.8 Å². The molecule has 0 aliphatic carbocycles. The summed E-state index contributed by atoms with van der Waals surface area (Å²) in [5.74, 6) is 1.60. The van der Waals surface area contributed by atoms with Crippen LogP contribution < -0.4 is 0 Å². The van der Waals surface area contributed by atoms with Crippen molar-refractivity contribution in [3.8, 4) is 45.4 Å². The van der Waals surface area contributed by atoms with Gasteiger partial charge in [0.05, 0.1) is 22.2 Å². The second kappa shape index (κ2) is 11.1. The SMILES string of the molecule is c1ccc(-c2ccc3c(n2)c2ccc4sc5ccccc5c4c2n3-c2ccc(-n3c(-c4ccccc4)nnc3-c3ccccc3)cc2)cc1. The normalized spacial score (nSPS) is 11.7. The zero-order valence-corrected chi connectivity index (χ0v) is 27.0. The second-order valence-corrected chi connectivity index (χ2v) is 13.2. The molecule has 0 aliphatic rings. The zero-order chi connectivity index (χ0) is 32.3. The van der Waals surface area contributed by atoms with Crippen LogP contribution in [-0.4, -0.2) is 24.3 Å². The van der Waals surface area contributed by atoms with Crippen LogP contribution in [-0.2, 0) is 0 Å². The van der Waals surface area contributed by atoms with Crippen molar-refractivity contribution in [3.63, 3.8) is 0 Å². The Kier molecular flexibility index (Phi) is 6.29. The Balaban J connectivity index is 1.22. The lowest BCUT2D eigenvalue weighted by atomic mass is 10.1. The zero-order valence-electron chi connectivity index (χ0n) is 26.2. The van der Waals surface area contributed by atoms with Crippen LogP contribution in [0.1, 0.15) is 0 Å². The highest BCUT2D eigenvalue weighted by molar-refractivity contribution is 7.26. The van der Waals surface area contributed by atoms with E-state index < -0.39 is 0 Å². The van der Waals surface area contributed by atoms with Gasteiger partial charge in [-0.05, 0) is 54.6 Å². The van der Waals surface area contributed by atoms with E-state index in [-0.39, 0.29) is 0 Å². The summed E-state index contributed by atoms with van der Waals surface area (Å²) in [5.41, 5.74) is 9.39. The van der Waals surface area contributed by atoms with Crippen molar-refractivity contribution in [2.45, 2.75) is 0 Å². The molecule has 0 saturated carbocycles. The standard InChI is InChI=1S/C43H27N5S/c1-4-12-28(13-5-1)35-25-26-36-40(44-35)34-24-27-38-39(33-18-10-11-19-37(33)49-38)41(34)47(36)31-20-22-32(23-21-31)48-42(29-14-6-2-7-15-29)45-46-43(48)30-16-8-3-9-17-30/h1-27H. The van der Waals surface area contributed by atoms with E-state index in [1.54, 1.807) is 0 Å². The molecular formula is C43H27N5S. The Morgan fingerprint density at radius 3 is 1.65 bits per heavy atom. The van der Waals surface area contributed by atoms with Crippen molar-refractivity contribution >= 4 is 53.4 Å². The van der Waals surface area contributed by atoms with Gasteiger partial charge in [0.2, 0.25) is 0 Å². The molecular weight excluding hydrogens is 619 g/mol. The Morgan fingerprint density at radius 2 is 1.00 bits per heavy atom. The third kappa shape index (κ3) is 4.42. The number of fused-ring (bicyclic) bond motifs is 7. The lowest BCUT2D eigenvalue weighted by Gasteiger charge is -2.13. The topological polar surface area (TPSA) is 48.5 Å². The van der Waals surface area contributed by atoms with E-state index >= 15 is 0 Å². The molecule has 0 fully saturated rings. The first kappa shape index (κ1) is 27.7. The van der Waals surface area contributed by atoms with E-state index in [0.29, 0.717) is 0 Å². The molecule has 0 radical (unpaired) electrons. The molecule has 0 unspecified atom stereocenters. The van der Waals surface area contributed by atoms with E-state index in [9.17, 15) is 0 Å². The van der Waals surface area contributed by atoms with E-state index in [4.69, 9.17) is 4.98 Å². The third-order valence-electron chi connectivity index (χ3n) is 9.27. The maximum atomic E-state index is 5.30. The maximum absolute atomic E-state index is 5.30. The predicted molar refractivity (Wildman–Crippen MR) is 203 cm³/mol. The molecule has 230 valence electrons. The van der Waals surface area contributed by atoms with Crippen LogP contribution in [0, 0.1) is 0 Å². The highest BCUT2D eigenvalue weighted by Crippen LogP contribution is 2.43. The summed E-state index contributed by atoms with van der Waals surface area (Å²) in [6.45, 7) is 0. The van der Waals surface area contributed by atoms with Gasteiger partial charge in [0.15, 0.2) is 11.6 Å². The van der Waals surface area contributed by atoms with Gasteiger partial charge >= 0.3 is 0 Å². The van der Waals surface area contributed by atoms with Crippen LogP contribution in [0.3, 0.4) is 0 Å². The Bertz CT molecular complexity index is 2740. The van der Waals surface area contributed by atoms with Gasteiger partial charge in [-0.3, -0.25) is 4.57 Å². The maximum Gasteiger partial charge on any atom is 0.168 e. The van der Waals surface area contributed by atoms with Gasteiger partial charge in [-0.25, -0.2) is 4.98 Å². The monoisotopic (exact) mass is 645 g/mol. The summed E-state index contributed by atoms with van der Waals surface area (Å²) < 4.78 is 7.09. The van der Waals surface area contributed by atoms with Gasteiger partial charge in [0.25, 0.3) is 0 Å². The van der Waals surface area contributed by atoms with Crippen molar-refractivity contribution in [1.29, 1.82) is 0 Å². The van der Waals surface area contributed by atoms with Crippen molar-refractivity contribution in [1.82, 2.24) is 24.3 Å². The van der Waals surface area contributed by atoms with Crippen molar-refractivity contribution in [2.24, 2.45) is 0 Å². The van der Waals surface area contributed by atoms with E-state index in [1.165, 1.54) is 25.7 Å². The molecule has 10 aromatic rings. The number of hydrogen-bond donors (Lipinski definition) is 0. The first-order chi connectivity index (χ1) is 24.3. The summed E-state index contributed by atoms with van der Waals surface area (Å²) in [4.78, 5) is 5.30. The fourth-order valence-electron chi connectivity index (χ4n) is 7.04. The molecule has 0 N–H and O–H groups in total. The highest BCUT2D eigenvalue weighted by Gasteiger charge is 2.21. The molecule has 0 atom stereocenters. The fourth-order valence-corrected chi connectivity index (χ4v) is 8.15. The first-order valence-electron chi connectivity index (χ1n) is 16.3. The first-order valence-corrected chi connectivity index (χ1v) is 17.1. The van der Waals surface area contributed by atoms with Crippen LogP contribution in [0.15, 0.2) is 164 Å². The van der Waals surface area contributed by atoms with Gasteiger partial charge in [-0.1, -0.05) is 109 Å². The van der Waals surface area contributed by atoms with Crippen LogP contribution in [0.2, 0.25) is 0 Å². The molecule has 0 bridgehead atoms. The Labute approximate surface area is 286 Å². The summed E-state index contributed by atoms with van der Waals surface area (Å²) in [7, 11) is 0. The van der Waals surface area contributed by atoms with Crippen molar-refractivity contribution < 1.29 is 0 Å². The molecule has 4 heterocycles. The van der Waals surface area contributed by atoms with Crippen LogP contribution in [0.5, 0.6) is 0 Å². The lowest BCUT2D eigenvalue weighted by molar-refractivity contribution is 1.07. The largest absolute Gasteiger partial charge is 0.307 e. The minimum atomic E-state index is 0.799. The quantitative estimate of drug-likeness (QED) is 0.187. The van der Waals surface area contributed by atoms with Gasteiger partial charge in [0, 0.05) is 53.6 Å². The molecule has 0 amide bonds. The van der Waals surface area contributed by atoms with Crippen molar-refractivity contribution in [3.05, 3.63) is 164 Å². The van der Waals surface area contributed by atoms with Gasteiger partial charge < -0.3 is 4.57 Å². The van der Waals surface area contributed by atoms with Gasteiger partial charge in [-0.2, -0.15) is 0 Å². The summed E-state index contributed by atoms with van der Waals surface area (Å²) in [6, 6.07) is 57.2. The van der Waals surface area contributed by atoms with E-state index in [2.05, 4.69) is 141 Å². The number of thiophene rings is 1. The average Bonchev–Trinajstić information content (AvgIpc) is 3.88. The second-order valence-electron chi connectivity index (χ2n) is 12.1. The van der Waals surface area contributed by atoms with Crippen LogP contribution in [0.4, 0.5) is 0 Å². The molecule has 0 aliphatic heterocycles. The van der Waals surface area contributed by atoms with Crippen LogP contribution >= 0.6 is 11.3 Å². The minimum absolute atomic E-state index is 0.799. The van der Waals surface area contributed by atoms with Gasteiger partial charge in [0.1, 0.15) is 0 Å². The smallest absolute Gasteiger partial charge is 0.168 e.